The van der Waals surface area contributed by atoms with Crippen LogP contribution in [0.5, 0.6) is 5.75 Å². The van der Waals surface area contributed by atoms with Crippen molar-refractivity contribution in [1.82, 2.24) is 19.8 Å². The maximum Gasteiger partial charge on any atom is 0.406 e. The molecule has 224 valence electrons. The Labute approximate surface area is 240 Å². The molecule has 1 aliphatic heterocycles. The number of fused-ring (bicyclic) bond motifs is 1. The van der Waals surface area contributed by atoms with E-state index in [1.807, 2.05) is 14.0 Å². The number of hydrogen-bond acceptors (Lipinski definition) is 7. The second kappa shape index (κ2) is 12.7. The summed E-state index contributed by atoms with van der Waals surface area (Å²) in [6, 6.07) is 5.12. The number of benzene rings is 2. The Morgan fingerprint density at radius 2 is 1.93 bits per heavy atom. The van der Waals surface area contributed by atoms with E-state index in [-0.39, 0.29) is 52.1 Å². The number of alkyl halides is 3. The van der Waals surface area contributed by atoms with E-state index in [0.29, 0.717) is 5.56 Å². The van der Waals surface area contributed by atoms with Gasteiger partial charge < -0.3 is 29.6 Å². The van der Waals surface area contributed by atoms with E-state index in [0.717, 1.165) is 43.6 Å². The van der Waals surface area contributed by atoms with Gasteiger partial charge in [0.05, 0.1) is 49.4 Å². The number of nitrogens with zero attached hydrogens (tertiary/aromatic N) is 3. The van der Waals surface area contributed by atoms with Crippen LogP contribution < -0.4 is 15.4 Å². The molecule has 2 atom stereocenters. The monoisotopic (exact) mass is 589 g/mol. The maximum absolute atomic E-state index is 14.4. The molecular weight excluding hydrogens is 558 g/mol. The van der Waals surface area contributed by atoms with Crippen LogP contribution in [-0.4, -0.2) is 79.4 Å². The van der Waals surface area contributed by atoms with Gasteiger partial charge in [0.2, 0.25) is 0 Å². The topological polar surface area (TPSA) is 97.7 Å². The third kappa shape index (κ3) is 7.12. The lowest BCUT2D eigenvalue weighted by Crippen LogP contribution is -2.48. The summed E-state index contributed by atoms with van der Waals surface area (Å²) in [6.07, 6.45) is -2.70. The first-order chi connectivity index (χ1) is 19.9. The summed E-state index contributed by atoms with van der Waals surface area (Å²) in [5, 5.41) is 5.92. The molecule has 13 heteroatoms. The standard InChI is InChI=1S/C29H31F4N5O4/c1-17-14-37(2)9-7-22(17)36-27(39)20-10-18(11-24-26(20)35-16-38(24)15-29(31,32)33)6-5-8-34-23-13-21(30)19(28(40)42-4)12-25(23)41-3/h10-13,16-17,22,34H,7-9,14-15H2,1-4H3,(H,36,39)/t17-,22-/m0/s1. The zero-order valence-electron chi connectivity index (χ0n) is 23.6. The molecule has 0 saturated carbocycles. The third-order valence-corrected chi connectivity index (χ3v) is 7.04. The Hall–Kier alpha value is -4.31. The fourth-order valence-electron chi connectivity index (χ4n) is 4.95. The summed E-state index contributed by atoms with van der Waals surface area (Å²) >= 11 is 0. The molecular formula is C29H31F4N5O4. The van der Waals surface area contributed by atoms with Gasteiger partial charge in [-0.2, -0.15) is 13.2 Å². The number of nitrogens with one attached hydrogen (secondary N) is 2. The minimum Gasteiger partial charge on any atom is -0.495 e. The quantitative estimate of drug-likeness (QED) is 0.244. The number of carbonyl (C=O) groups excluding carboxylic acids is 2. The molecule has 1 aliphatic rings. The van der Waals surface area contributed by atoms with Crippen molar-refractivity contribution in [2.75, 3.05) is 46.2 Å². The van der Waals surface area contributed by atoms with Crippen LogP contribution in [0.25, 0.3) is 11.0 Å². The number of methoxy groups -OCH3 is 2. The van der Waals surface area contributed by atoms with E-state index < -0.39 is 30.4 Å². The van der Waals surface area contributed by atoms with Crippen molar-refractivity contribution in [2.24, 2.45) is 5.92 Å². The van der Waals surface area contributed by atoms with Crippen molar-refractivity contribution in [3.8, 4) is 17.6 Å². The Balaban J connectivity index is 1.61. The van der Waals surface area contributed by atoms with Gasteiger partial charge in [0.25, 0.3) is 5.91 Å². The molecule has 2 N–H and O–H groups in total. The SMILES string of the molecule is COC(=O)c1cc(OC)c(NCC#Cc2cc(C(=O)N[C@H]3CCN(C)C[C@@H]3C)c3ncn(CC(F)(F)F)c3c2)cc1F. The van der Waals surface area contributed by atoms with Gasteiger partial charge in [-0.3, -0.25) is 4.79 Å². The average molecular weight is 590 g/mol. The Bertz CT molecular complexity index is 1540. The van der Waals surface area contributed by atoms with Crippen molar-refractivity contribution in [1.29, 1.82) is 0 Å². The Morgan fingerprint density at radius 1 is 1.17 bits per heavy atom. The minimum absolute atomic E-state index is 0.0120. The summed E-state index contributed by atoms with van der Waals surface area (Å²) in [5.41, 5.74) is 0.619. The summed E-state index contributed by atoms with van der Waals surface area (Å²) in [5.74, 6) is 3.94. The highest BCUT2D eigenvalue weighted by Crippen LogP contribution is 2.29. The predicted octanol–water partition coefficient (Wildman–Crippen LogP) is 4.07. The molecule has 0 spiro atoms. The van der Waals surface area contributed by atoms with Gasteiger partial charge in [0.15, 0.2) is 0 Å². The number of aromatic nitrogens is 2. The number of piperidine rings is 1. The highest BCUT2D eigenvalue weighted by atomic mass is 19.4. The smallest absolute Gasteiger partial charge is 0.406 e. The Kier molecular flexibility index (Phi) is 9.26. The van der Waals surface area contributed by atoms with Gasteiger partial charge in [-0.15, -0.1) is 0 Å². The molecule has 0 radical (unpaired) electrons. The maximum atomic E-state index is 14.4. The summed E-state index contributed by atoms with van der Waals surface area (Å²) in [4.78, 5) is 31.4. The number of imidazole rings is 1. The van der Waals surface area contributed by atoms with E-state index in [1.165, 1.54) is 25.3 Å². The number of amides is 1. The first-order valence-corrected chi connectivity index (χ1v) is 13.1. The normalized spacial score (nSPS) is 17.3. The highest BCUT2D eigenvalue weighted by Gasteiger charge is 2.30. The molecule has 9 nitrogen and oxygen atoms in total. The molecule has 42 heavy (non-hydrogen) atoms. The van der Waals surface area contributed by atoms with Gasteiger partial charge in [-0.25, -0.2) is 14.2 Å². The van der Waals surface area contributed by atoms with Crippen molar-refractivity contribution >= 4 is 28.6 Å². The lowest BCUT2D eigenvalue weighted by Gasteiger charge is -2.35. The van der Waals surface area contributed by atoms with Crippen LogP contribution in [0.2, 0.25) is 0 Å². The molecule has 1 amide bonds. The molecule has 4 rings (SSSR count). The van der Waals surface area contributed by atoms with Crippen molar-refractivity contribution in [2.45, 2.75) is 32.1 Å². The number of hydrogen-bond donors (Lipinski definition) is 2. The molecule has 1 aromatic heterocycles. The molecule has 0 aliphatic carbocycles. The second-order valence-electron chi connectivity index (χ2n) is 10.2. The largest absolute Gasteiger partial charge is 0.495 e. The first-order valence-electron chi connectivity index (χ1n) is 13.1. The van der Waals surface area contributed by atoms with E-state index in [2.05, 4.69) is 37.1 Å². The lowest BCUT2D eigenvalue weighted by molar-refractivity contribution is -0.140. The van der Waals surface area contributed by atoms with Gasteiger partial charge in [-0.1, -0.05) is 18.8 Å². The zero-order valence-corrected chi connectivity index (χ0v) is 23.6. The summed E-state index contributed by atoms with van der Waals surface area (Å²) < 4.78 is 64.9. The molecule has 1 saturated heterocycles. The average Bonchev–Trinajstić information content (AvgIpc) is 3.32. The van der Waals surface area contributed by atoms with Crippen LogP contribution in [0.4, 0.5) is 23.2 Å². The van der Waals surface area contributed by atoms with Gasteiger partial charge >= 0.3 is 12.1 Å². The van der Waals surface area contributed by atoms with Gasteiger partial charge in [-0.05, 0) is 44.1 Å². The third-order valence-electron chi connectivity index (χ3n) is 7.04. The molecule has 0 unspecified atom stereocenters. The summed E-state index contributed by atoms with van der Waals surface area (Å²) in [7, 11) is 4.49. The predicted molar refractivity (Wildman–Crippen MR) is 148 cm³/mol. The van der Waals surface area contributed by atoms with Crippen LogP contribution in [0.15, 0.2) is 30.6 Å². The fraction of sp³-hybridized carbons (Fsp3) is 0.414. The number of anilines is 1. The minimum atomic E-state index is -4.50. The number of halogens is 4. The lowest BCUT2D eigenvalue weighted by atomic mass is 9.93. The molecule has 2 aromatic carbocycles. The van der Waals surface area contributed by atoms with E-state index >= 15 is 0 Å². The van der Waals surface area contributed by atoms with Crippen molar-refractivity contribution in [3.05, 3.63) is 53.1 Å². The van der Waals surface area contributed by atoms with Crippen LogP contribution >= 0.6 is 0 Å². The number of esters is 1. The van der Waals surface area contributed by atoms with Crippen molar-refractivity contribution < 1.29 is 36.6 Å². The summed E-state index contributed by atoms with van der Waals surface area (Å²) in [6.45, 7) is 2.36. The van der Waals surface area contributed by atoms with Gasteiger partial charge in [0, 0.05) is 24.2 Å². The number of ether oxygens (including phenoxy) is 2. The Morgan fingerprint density at radius 3 is 2.60 bits per heavy atom. The number of carbonyl (C=O) groups is 2. The van der Waals surface area contributed by atoms with E-state index in [4.69, 9.17) is 4.74 Å². The zero-order chi connectivity index (χ0) is 30.6. The van der Waals surface area contributed by atoms with Crippen LogP contribution in [-0.2, 0) is 11.3 Å². The number of rotatable bonds is 7. The first kappa shape index (κ1) is 30.6. The molecule has 2 heterocycles. The van der Waals surface area contributed by atoms with Crippen LogP contribution in [0, 0.1) is 23.6 Å². The molecule has 1 fully saturated rings. The highest BCUT2D eigenvalue weighted by molar-refractivity contribution is 6.05. The fourth-order valence-corrected chi connectivity index (χ4v) is 4.95. The van der Waals surface area contributed by atoms with Crippen LogP contribution in [0.3, 0.4) is 0 Å². The van der Waals surface area contributed by atoms with Crippen molar-refractivity contribution in [3.63, 3.8) is 0 Å². The van der Waals surface area contributed by atoms with Crippen LogP contribution in [0.1, 0.15) is 39.6 Å². The van der Waals surface area contributed by atoms with Gasteiger partial charge in [0.1, 0.15) is 23.6 Å². The second-order valence-corrected chi connectivity index (χ2v) is 10.2. The molecule has 0 bridgehead atoms. The van der Waals surface area contributed by atoms with E-state index in [9.17, 15) is 27.2 Å². The molecule has 3 aromatic rings. The number of likely N-dealkylation sites (tertiary alicyclic amines) is 1. The van der Waals surface area contributed by atoms with E-state index in [1.54, 1.807) is 0 Å².